The molecular formula is C43H44N10O8. The van der Waals surface area contributed by atoms with Gasteiger partial charge in [0.15, 0.2) is 0 Å². The van der Waals surface area contributed by atoms with Crippen molar-refractivity contribution in [1.82, 2.24) is 45.4 Å². The Kier molecular flexibility index (Phi) is 10.3. The molecule has 9 rings (SSSR count). The van der Waals surface area contributed by atoms with Gasteiger partial charge in [0.2, 0.25) is 17.6 Å². The second kappa shape index (κ2) is 15.9. The number of amides is 5. The number of H-pyrrole nitrogens is 1. The van der Waals surface area contributed by atoms with Crippen molar-refractivity contribution in [2.45, 2.75) is 77.8 Å². The van der Waals surface area contributed by atoms with Gasteiger partial charge in [-0.2, -0.15) is 5.10 Å². The van der Waals surface area contributed by atoms with Crippen molar-refractivity contribution in [1.29, 1.82) is 0 Å². The van der Waals surface area contributed by atoms with E-state index in [1.54, 1.807) is 25.3 Å². The van der Waals surface area contributed by atoms with Gasteiger partial charge < -0.3 is 29.6 Å². The minimum absolute atomic E-state index is 0.0482. The number of hydrogen-bond acceptors (Lipinski definition) is 13. The number of aryl methyl sites for hydroxylation is 4. The molecule has 314 valence electrons. The lowest BCUT2D eigenvalue weighted by atomic mass is 9.99. The van der Waals surface area contributed by atoms with Crippen LogP contribution in [0.4, 0.5) is 11.6 Å². The highest BCUT2D eigenvalue weighted by Crippen LogP contribution is 2.43. The highest BCUT2D eigenvalue weighted by Gasteiger charge is 2.45. The summed E-state index contributed by atoms with van der Waals surface area (Å²) in [6.45, 7) is 7.07. The number of aromatic amines is 1. The molecule has 18 nitrogen and oxygen atoms in total. The predicted octanol–water partition coefficient (Wildman–Crippen LogP) is 5.01. The van der Waals surface area contributed by atoms with E-state index in [0.717, 1.165) is 57.0 Å². The van der Waals surface area contributed by atoms with Crippen LogP contribution in [0.15, 0.2) is 40.9 Å². The van der Waals surface area contributed by atoms with Gasteiger partial charge in [-0.15, -0.1) is 0 Å². The van der Waals surface area contributed by atoms with E-state index in [-0.39, 0.29) is 42.9 Å². The van der Waals surface area contributed by atoms with Crippen LogP contribution in [-0.4, -0.2) is 97.2 Å². The normalized spacial score (nSPS) is 16.5. The lowest BCUT2D eigenvalue weighted by Gasteiger charge is -2.27. The first-order valence-corrected chi connectivity index (χ1v) is 20.4. The average Bonchev–Trinajstić information content (AvgIpc) is 3.69. The number of fused-ring (bicyclic) bond motifs is 4. The molecule has 6 aromatic rings. The molecular weight excluding hydrogens is 785 g/mol. The topological polar surface area (TPSA) is 229 Å². The van der Waals surface area contributed by atoms with Crippen LogP contribution in [-0.2, 0) is 27.3 Å². The third-order valence-corrected chi connectivity index (χ3v) is 11.4. The maximum absolute atomic E-state index is 13.6. The van der Waals surface area contributed by atoms with E-state index in [4.69, 9.17) is 24.1 Å². The van der Waals surface area contributed by atoms with Crippen molar-refractivity contribution in [3.8, 4) is 16.9 Å². The van der Waals surface area contributed by atoms with Crippen LogP contribution < -0.4 is 20.7 Å². The molecule has 1 saturated heterocycles. The number of piperidine rings is 1. The molecule has 1 unspecified atom stereocenters. The molecule has 0 spiro atoms. The number of nitrogens with zero attached hydrogens (tertiary/aromatic N) is 6. The molecule has 1 saturated carbocycles. The summed E-state index contributed by atoms with van der Waals surface area (Å²) in [6, 6.07) is 9.95. The van der Waals surface area contributed by atoms with Gasteiger partial charge >= 0.3 is 0 Å². The zero-order chi connectivity index (χ0) is 42.5. The maximum atomic E-state index is 13.6. The van der Waals surface area contributed by atoms with Crippen LogP contribution in [0.3, 0.4) is 0 Å². The summed E-state index contributed by atoms with van der Waals surface area (Å²) in [5.41, 5.74) is 5.75. The van der Waals surface area contributed by atoms with Crippen LogP contribution >= 0.6 is 0 Å². The third-order valence-electron chi connectivity index (χ3n) is 11.4. The largest absolute Gasteiger partial charge is 0.496 e. The number of carbonyl (C=O) groups is 5. The standard InChI is InChI=1S/C43H44N10O8/c1-5-52-32(20-28(50-52)23-11-12-23)46-38-36-26-19-31(59-4)27(34-21(2)51-61-22(34)3)18-29(26)45-37(36)48-39(49-38)41(56)44-15-17-60-16-7-9-24-8-6-10-25-35(24)43(58)53(42(25)57)30-13-14-33(54)47-40(30)55/h6,8,10,18-20,23,30H,5,7,9,11-17H2,1-4H3,(H,44,56)(H,47,54,55)(H2,45,46,48,49). The number of hydrogen-bond donors (Lipinski definition) is 4. The Morgan fingerprint density at radius 2 is 1.84 bits per heavy atom. The van der Waals surface area contributed by atoms with E-state index in [1.165, 1.54) is 0 Å². The van der Waals surface area contributed by atoms with Crippen molar-refractivity contribution in [2.24, 2.45) is 0 Å². The van der Waals surface area contributed by atoms with E-state index in [1.807, 2.05) is 43.7 Å². The number of aromatic nitrogens is 6. The molecule has 4 aromatic heterocycles. The van der Waals surface area contributed by atoms with Gasteiger partial charge in [0.1, 0.15) is 34.8 Å². The molecule has 1 atom stereocenters. The minimum atomic E-state index is -1.03. The van der Waals surface area contributed by atoms with Gasteiger partial charge in [0, 0.05) is 54.6 Å². The Bertz CT molecular complexity index is 2760. The molecule has 18 heteroatoms. The van der Waals surface area contributed by atoms with Crippen LogP contribution in [0, 0.1) is 13.8 Å². The fraction of sp³-hybridized carbons (Fsp3) is 0.372. The molecule has 5 amide bonds. The van der Waals surface area contributed by atoms with Crippen LogP contribution in [0.2, 0.25) is 0 Å². The van der Waals surface area contributed by atoms with Crippen LogP contribution in [0.1, 0.15) is 99.0 Å². The van der Waals surface area contributed by atoms with Crippen molar-refractivity contribution in [2.75, 3.05) is 32.2 Å². The number of methoxy groups -OCH3 is 1. The summed E-state index contributed by atoms with van der Waals surface area (Å²) < 4.78 is 19.1. The highest BCUT2D eigenvalue weighted by atomic mass is 16.5. The third kappa shape index (κ3) is 7.25. The van der Waals surface area contributed by atoms with Gasteiger partial charge in [-0.1, -0.05) is 17.3 Å². The molecule has 6 heterocycles. The summed E-state index contributed by atoms with van der Waals surface area (Å²) in [4.78, 5) is 78.2. The Morgan fingerprint density at radius 1 is 1.00 bits per heavy atom. The number of carbonyl (C=O) groups excluding carboxylic acids is 5. The zero-order valence-electron chi connectivity index (χ0n) is 34.1. The van der Waals surface area contributed by atoms with E-state index in [9.17, 15) is 24.0 Å². The summed E-state index contributed by atoms with van der Waals surface area (Å²) >= 11 is 0. The predicted molar refractivity (Wildman–Crippen MR) is 221 cm³/mol. The van der Waals surface area contributed by atoms with Gasteiger partial charge in [-0.3, -0.25) is 34.2 Å². The van der Waals surface area contributed by atoms with E-state index < -0.39 is 35.6 Å². The molecule has 61 heavy (non-hydrogen) atoms. The summed E-state index contributed by atoms with van der Waals surface area (Å²) in [7, 11) is 1.61. The number of imide groups is 2. The molecule has 2 aliphatic heterocycles. The molecule has 1 aliphatic carbocycles. The fourth-order valence-electron chi connectivity index (χ4n) is 8.30. The van der Waals surface area contributed by atoms with Gasteiger partial charge in [0.25, 0.3) is 17.7 Å². The summed E-state index contributed by atoms with van der Waals surface area (Å²) in [5, 5.41) is 19.0. The number of anilines is 2. The lowest BCUT2D eigenvalue weighted by Crippen LogP contribution is -2.54. The van der Waals surface area contributed by atoms with Crippen molar-refractivity contribution in [3.05, 3.63) is 76.1 Å². The van der Waals surface area contributed by atoms with E-state index in [0.29, 0.717) is 65.8 Å². The Balaban J connectivity index is 0.891. The Hall–Kier alpha value is -6.95. The molecule has 0 radical (unpaired) electrons. The van der Waals surface area contributed by atoms with Crippen LogP contribution in [0.25, 0.3) is 33.1 Å². The van der Waals surface area contributed by atoms with Crippen molar-refractivity contribution in [3.63, 3.8) is 0 Å². The second-order valence-corrected chi connectivity index (χ2v) is 15.5. The molecule has 2 fully saturated rings. The number of benzene rings is 2. The first-order chi connectivity index (χ1) is 29.5. The number of rotatable bonds is 15. The first kappa shape index (κ1) is 39.5. The van der Waals surface area contributed by atoms with Gasteiger partial charge in [-0.25, -0.2) is 14.6 Å². The van der Waals surface area contributed by atoms with Crippen LogP contribution in [0.5, 0.6) is 5.75 Å². The van der Waals surface area contributed by atoms with Crippen molar-refractivity contribution < 1.29 is 38.0 Å². The Morgan fingerprint density at radius 3 is 2.57 bits per heavy atom. The Labute approximate surface area is 348 Å². The zero-order valence-corrected chi connectivity index (χ0v) is 34.1. The van der Waals surface area contributed by atoms with E-state index in [2.05, 4.69) is 31.1 Å². The average molecular weight is 829 g/mol. The molecule has 3 aliphatic rings. The molecule has 4 N–H and O–H groups in total. The smallest absolute Gasteiger partial charge is 0.289 e. The number of nitrogens with one attached hydrogen (secondary N) is 4. The highest BCUT2D eigenvalue weighted by molar-refractivity contribution is 6.24. The number of ether oxygens (including phenoxy) is 2. The van der Waals surface area contributed by atoms with Gasteiger partial charge in [0.05, 0.1) is 47.2 Å². The lowest BCUT2D eigenvalue weighted by molar-refractivity contribution is -0.136. The summed E-state index contributed by atoms with van der Waals surface area (Å²) in [5.74, 6) is 0.177. The quantitative estimate of drug-likeness (QED) is 0.0790. The monoisotopic (exact) mass is 828 g/mol. The van der Waals surface area contributed by atoms with Crippen molar-refractivity contribution >= 4 is 63.1 Å². The second-order valence-electron chi connectivity index (χ2n) is 15.5. The summed E-state index contributed by atoms with van der Waals surface area (Å²) in [6.07, 6.45) is 3.31. The van der Waals surface area contributed by atoms with Gasteiger partial charge in [-0.05, 0) is 76.6 Å². The first-order valence-electron chi connectivity index (χ1n) is 20.4. The van der Waals surface area contributed by atoms with E-state index >= 15 is 0 Å². The molecule has 0 bridgehead atoms. The fourth-order valence-corrected chi connectivity index (χ4v) is 8.30. The maximum Gasteiger partial charge on any atom is 0.289 e. The minimum Gasteiger partial charge on any atom is -0.496 e. The molecule has 2 aromatic carbocycles. The SMILES string of the molecule is CCn1nc(C2CC2)cc1Nc1nc(C(=O)NCCOCCCc2cccc3c2C(=O)N(C2CCC(=O)NC2=O)C3=O)nc2[nH]c3cc(-c4c(C)noc4C)c(OC)cc3c12.